The van der Waals surface area contributed by atoms with Crippen molar-refractivity contribution in [2.75, 3.05) is 0 Å². The molecule has 0 amide bonds. The Morgan fingerprint density at radius 3 is 1.25 bits per heavy atom. The summed E-state index contributed by atoms with van der Waals surface area (Å²) >= 11 is -0.897. The summed E-state index contributed by atoms with van der Waals surface area (Å²) in [5.41, 5.74) is 11.9. The second-order valence-corrected chi connectivity index (χ2v) is 15.4. The third-order valence-corrected chi connectivity index (χ3v) is 14.6. The monoisotopic (exact) mass is 650 g/mol. The second-order valence-electron chi connectivity index (χ2n) is 9.36. The number of hydrogen-bond donors (Lipinski definition) is 0. The van der Waals surface area contributed by atoms with Crippen molar-refractivity contribution in [3.63, 3.8) is 0 Å². The van der Waals surface area contributed by atoms with Crippen LogP contribution < -0.4 is 14.4 Å². The van der Waals surface area contributed by atoms with Crippen LogP contribution in [-0.2, 0) is 12.8 Å². The van der Waals surface area contributed by atoms with Crippen LogP contribution in [0.25, 0.3) is 10.8 Å². The molecular weight excluding hydrogens is 616 g/mol. The van der Waals surface area contributed by atoms with Crippen molar-refractivity contribution in [3.8, 4) is 0 Å². The van der Waals surface area contributed by atoms with Crippen LogP contribution in [-0.4, -0.2) is 41.8 Å². The summed E-state index contributed by atoms with van der Waals surface area (Å²) in [5, 5.41) is 3.25. The molecule has 0 bridgehead atoms. The van der Waals surface area contributed by atoms with Crippen molar-refractivity contribution in [2.45, 2.75) is 54.4 Å². The van der Waals surface area contributed by atoms with E-state index in [9.17, 15) is 0 Å². The van der Waals surface area contributed by atoms with Crippen molar-refractivity contribution in [2.24, 2.45) is 0 Å². The summed E-state index contributed by atoms with van der Waals surface area (Å²) in [4.78, 5) is 0. The van der Waals surface area contributed by atoms with E-state index in [1.54, 1.807) is 36.3 Å². The third kappa shape index (κ3) is 4.06. The second kappa shape index (κ2) is 8.82. The van der Waals surface area contributed by atoms with Crippen molar-refractivity contribution >= 4 is 67.1 Å². The van der Waals surface area contributed by atoms with Crippen LogP contribution >= 0.6 is 0 Å². The first-order chi connectivity index (χ1) is 15.3. The molecule has 4 aromatic rings. The number of rotatable bonds is 4. The van der Waals surface area contributed by atoms with Crippen LogP contribution in [0.4, 0.5) is 0 Å². The van der Waals surface area contributed by atoms with E-state index in [2.05, 4.69) is 90.1 Å². The average Bonchev–Trinajstić information content (AvgIpc) is 3.14. The summed E-state index contributed by atoms with van der Waals surface area (Å²) in [6.45, 7) is 13.7. The summed E-state index contributed by atoms with van der Waals surface area (Å²) in [7, 11) is 0. The minimum atomic E-state index is -0.448. The molecule has 0 saturated heterocycles. The molecule has 0 radical (unpaired) electrons. The topological polar surface area (TPSA) is 0 Å². The molecule has 0 fully saturated rings. The zero-order valence-corrected chi connectivity index (χ0v) is 24.5. The molecule has 162 valence electrons. The van der Waals surface area contributed by atoms with Gasteiger partial charge in [0.05, 0.1) is 0 Å². The number of aryl methyl sites for hydroxylation is 8. The normalized spacial score (nSPS) is 12.7. The van der Waals surface area contributed by atoms with Crippen LogP contribution in [0.3, 0.4) is 0 Å². The van der Waals surface area contributed by atoms with Gasteiger partial charge in [-0.1, -0.05) is 0 Å². The SMILES string of the molecule is Cc1cc(C)c([Te]c2ccc3c4c(ccc([Te]c5c(C)cc(C)cc5C)c24)CC3)c(C)c1. The average molecular weight is 646 g/mol. The van der Waals surface area contributed by atoms with Crippen LogP contribution in [0.2, 0.25) is 0 Å². The van der Waals surface area contributed by atoms with Gasteiger partial charge in [-0.15, -0.1) is 0 Å². The van der Waals surface area contributed by atoms with Gasteiger partial charge >= 0.3 is 214 Å². The van der Waals surface area contributed by atoms with Crippen LogP contribution in [0, 0.1) is 41.5 Å². The first-order valence-electron chi connectivity index (χ1n) is 11.4. The fraction of sp³-hybridized carbons (Fsp3) is 0.267. The Kier molecular flexibility index (Phi) is 6.20. The van der Waals surface area contributed by atoms with E-state index in [1.807, 2.05) is 0 Å². The molecule has 1 aliphatic rings. The van der Waals surface area contributed by atoms with Crippen molar-refractivity contribution in [1.29, 1.82) is 0 Å². The van der Waals surface area contributed by atoms with Gasteiger partial charge in [-0.05, 0) is 0 Å². The first kappa shape index (κ1) is 22.5. The van der Waals surface area contributed by atoms with E-state index in [1.165, 1.54) is 46.2 Å². The zero-order chi connectivity index (χ0) is 22.6. The van der Waals surface area contributed by atoms with Gasteiger partial charge in [0.25, 0.3) is 0 Å². The molecule has 0 unspecified atom stereocenters. The molecule has 0 nitrogen and oxygen atoms in total. The van der Waals surface area contributed by atoms with E-state index in [0.717, 1.165) is 0 Å². The molecule has 0 spiro atoms. The molecule has 1 aliphatic carbocycles. The molecular formula is C30H30Te2. The Labute approximate surface area is 213 Å². The maximum absolute atomic E-state index is 2.50. The molecule has 0 saturated carbocycles. The Morgan fingerprint density at radius 2 is 0.875 bits per heavy atom. The maximum atomic E-state index is 2.50. The van der Waals surface area contributed by atoms with Crippen LogP contribution in [0.1, 0.15) is 44.5 Å². The van der Waals surface area contributed by atoms with E-state index in [0.29, 0.717) is 0 Å². The van der Waals surface area contributed by atoms with Crippen molar-refractivity contribution < 1.29 is 0 Å². The van der Waals surface area contributed by atoms with E-state index < -0.39 is 41.8 Å². The molecule has 4 aromatic carbocycles. The van der Waals surface area contributed by atoms with E-state index in [4.69, 9.17) is 0 Å². The van der Waals surface area contributed by atoms with Gasteiger partial charge in [0, 0.05) is 0 Å². The van der Waals surface area contributed by atoms with Gasteiger partial charge in [0.2, 0.25) is 0 Å². The van der Waals surface area contributed by atoms with Gasteiger partial charge in [-0.3, -0.25) is 0 Å². The van der Waals surface area contributed by atoms with Gasteiger partial charge in [0.15, 0.2) is 0 Å². The molecule has 0 N–H and O–H groups in total. The summed E-state index contributed by atoms with van der Waals surface area (Å²) < 4.78 is 6.56. The van der Waals surface area contributed by atoms with Gasteiger partial charge < -0.3 is 0 Å². The van der Waals surface area contributed by atoms with Crippen molar-refractivity contribution in [3.05, 3.63) is 93.0 Å². The number of hydrogen-bond acceptors (Lipinski definition) is 0. The Bertz CT molecular complexity index is 1230. The standard InChI is InChI=1S/C30H30Te2/c1-17-13-19(3)29(20(4)14-17)31-25-11-9-23-7-8-24-10-12-26(28(25)27(23)24)32-30-21(5)15-18(2)16-22(30)6/h9-16H,7-8H2,1-6H3. The summed E-state index contributed by atoms with van der Waals surface area (Å²) in [5.74, 6) is 0. The summed E-state index contributed by atoms with van der Waals surface area (Å²) in [6.07, 6.45) is 2.42. The van der Waals surface area contributed by atoms with Gasteiger partial charge in [-0.25, -0.2) is 0 Å². The van der Waals surface area contributed by atoms with E-state index >= 15 is 0 Å². The van der Waals surface area contributed by atoms with Crippen LogP contribution in [0.5, 0.6) is 0 Å². The molecule has 5 rings (SSSR count). The van der Waals surface area contributed by atoms with Gasteiger partial charge in [0.1, 0.15) is 0 Å². The first-order valence-corrected chi connectivity index (χ1v) is 16.1. The molecule has 0 aliphatic heterocycles. The van der Waals surface area contributed by atoms with Gasteiger partial charge in [-0.2, -0.15) is 0 Å². The number of benzene rings is 4. The van der Waals surface area contributed by atoms with E-state index in [-0.39, 0.29) is 0 Å². The Morgan fingerprint density at radius 1 is 0.500 bits per heavy atom. The Balaban J connectivity index is 1.69. The predicted octanol–water partition coefficient (Wildman–Crippen LogP) is 4.10. The van der Waals surface area contributed by atoms with Crippen molar-refractivity contribution in [1.82, 2.24) is 0 Å². The minimum absolute atomic E-state index is 0.448. The fourth-order valence-corrected chi connectivity index (χ4v) is 12.3. The quantitative estimate of drug-likeness (QED) is 0.294. The van der Waals surface area contributed by atoms with Crippen LogP contribution in [0.15, 0.2) is 48.5 Å². The molecule has 32 heavy (non-hydrogen) atoms. The molecule has 2 heteroatoms. The Hall–Kier alpha value is -1.28. The zero-order valence-electron chi connectivity index (χ0n) is 19.8. The molecule has 0 aromatic heterocycles. The molecule has 0 heterocycles. The molecule has 0 atom stereocenters. The predicted molar refractivity (Wildman–Crippen MR) is 143 cm³/mol. The summed E-state index contributed by atoms with van der Waals surface area (Å²) in [6, 6.07) is 19.4. The fourth-order valence-electron chi connectivity index (χ4n) is 5.31. The third-order valence-electron chi connectivity index (χ3n) is 6.55.